The fraction of sp³-hybridized carbons (Fsp3) is 0.333. The largest absolute Gasteiger partial charge is 0.393 e. The van der Waals surface area contributed by atoms with E-state index < -0.39 is 12.6 Å². The molecule has 0 unspecified atom stereocenters. The lowest BCUT2D eigenvalue weighted by molar-refractivity contribution is -0.127. The molecule has 0 aliphatic carbocycles. The molecular formula is C9H9F3O. The topological polar surface area (TPSA) is 20.2 Å². The van der Waals surface area contributed by atoms with Crippen molar-refractivity contribution in [2.45, 2.75) is 19.2 Å². The lowest BCUT2D eigenvalue weighted by Crippen LogP contribution is -2.11. The average Bonchev–Trinajstić information content (AvgIpc) is 2.03. The Morgan fingerprint density at radius 2 is 1.46 bits per heavy atom. The molecule has 0 aliphatic heterocycles. The normalized spacial score (nSPS) is 11.7. The van der Waals surface area contributed by atoms with Crippen molar-refractivity contribution in [2.75, 3.05) is 0 Å². The summed E-state index contributed by atoms with van der Waals surface area (Å²) in [6.07, 6.45) is -5.08. The molecule has 4 heteroatoms. The minimum absolute atomic E-state index is 0.147. The van der Waals surface area contributed by atoms with Gasteiger partial charge in [0.05, 0.1) is 13.0 Å². The number of hydrogen-bond acceptors (Lipinski definition) is 1. The van der Waals surface area contributed by atoms with Crippen molar-refractivity contribution in [1.29, 1.82) is 0 Å². The van der Waals surface area contributed by atoms with Crippen LogP contribution in [0, 0.1) is 0 Å². The number of halogens is 3. The Labute approximate surface area is 73.8 Å². The maximum Gasteiger partial charge on any atom is 0.393 e. The quantitative estimate of drug-likeness (QED) is 0.758. The van der Waals surface area contributed by atoms with E-state index >= 15 is 0 Å². The molecule has 0 spiro atoms. The van der Waals surface area contributed by atoms with Crippen LogP contribution in [0.25, 0.3) is 0 Å². The third-order valence-corrected chi connectivity index (χ3v) is 1.61. The minimum Gasteiger partial charge on any atom is -0.392 e. The average molecular weight is 190 g/mol. The van der Waals surface area contributed by atoms with Crippen molar-refractivity contribution in [3.8, 4) is 0 Å². The molecule has 13 heavy (non-hydrogen) atoms. The Morgan fingerprint density at radius 1 is 1.00 bits per heavy atom. The smallest absolute Gasteiger partial charge is 0.392 e. The highest BCUT2D eigenvalue weighted by Gasteiger charge is 2.27. The van der Waals surface area contributed by atoms with Gasteiger partial charge in [0.25, 0.3) is 0 Å². The van der Waals surface area contributed by atoms with Gasteiger partial charge in [-0.2, -0.15) is 13.2 Å². The van der Waals surface area contributed by atoms with Crippen LogP contribution in [0.3, 0.4) is 0 Å². The van der Waals surface area contributed by atoms with Gasteiger partial charge in [0.1, 0.15) is 0 Å². The van der Waals surface area contributed by atoms with Gasteiger partial charge in [0, 0.05) is 0 Å². The molecule has 0 aliphatic rings. The van der Waals surface area contributed by atoms with Crippen molar-refractivity contribution < 1.29 is 18.3 Å². The lowest BCUT2D eigenvalue weighted by Gasteiger charge is -2.06. The molecule has 0 heterocycles. The molecule has 0 fully saturated rings. The van der Waals surface area contributed by atoms with E-state index in [0.717, 1.165) is 0 Å². The summed E-state index contributed by atoms with van der Waals surface area (Å²) in [6, 6.07) is 5.72. The molecule has 1 aromatic carbocycles. The number of alkyl halides is 3. The molecule has 1 aromatic rings. The molecule has 0 saturated heterocycles. The predicted molar refractivity (Wildman–Crippen MR) is 42.1 cm³/mol. The first-order valence-electron chi connectivity index (χ1n) is 3.77. The van der Waals surface area contributed by atoms with Crippen molar-refractivity contribution in [2.24, 2.45) is 0 Å². The van der Waals surface area contributed by atoms with E-state index in [2.05, 4.69) is 0 Å². The van der Waals surface area contributed by atoms with Crippen LogP contribution in [0.4, 0.5) is 13.2 Å². The van der Waals surface area contributed by atoms with Crippen molar-refractivity contribution in [3.05, 3.63) is 35.4 Å². The van der Waals surface area contributed by atoms with Gasteiger partial charge in [-0.25, -0.2) is 0 Å². The zero-order valence-corrected chi connectivity index (χ0v) is 6.80. The number of benzene rings is 1. The molecule has 0 aromatic heterocycles. The van der Waals surface area contributed by atoms with Crippen LogP contribution in [0.5, 0.6) is 0 Å². The van der Waals surface area contributed by atoms with Gasteiger partial charge in [0.15, 0.2) is 0 Å². The van der Waals surface area contributed by atoms with Crippen molar-refractivity contribution >= 4 is 0 Å². The second-order valence-corrected chi connectivity index (χ2v) is 2.77. The molecule has 0 bridgehead atoms. The third kappa shape index (κ3) is 3.46. The Kier molecular flexibility index (Phi) is 2.93. The van der Waals surface area contributed by atoms with Crippen LogP contribution in [0.2, 0.25) is 0 Å². The maximum atomic E-state index is 11.9. The first-order valence-corrected chi connectivity index (χ1v) is 3.77. The van der Waals surface area contributed by atoms with Gasteiger partial charge < -0.3 is 5.11 Å². The first kappa shape index (κ1) is 10.1. The van der Waals surface area contributed by atoms with Gasteiger partial charge in [-0.1, -0.05) is 24.3 Å². The fourth-order valence-corrected chi connectivity index (χ4v) is 0.994. The zero-order chi connectivity index (χ0) is 9.90. The van der Waals surface area contributed by atoms with E-state index in [0.29, 0.717) is 5.56 Å². The Hall–Kier alpha value is -1.03. The second kappa shape index (κ2) is 3.79. The number of rotatable bonds is 2. The molecule has 0 amide bonds. The predicted octanol–water partition coefficient (Wildman–Crippen LogP) is 2.28. The summed E-state index contributed by atoms with van der Waals surface area (Å²) in [7, 11) is 0. The van der Waals surface area contributed by atoms with E-state index in [-0.39, 0.29) is 12.2 Å². The van der Waals surface area contributed by atoms with Gasteiger partial charge in [0.2, 0.25) is 0 Å². The summed E-state index contributed by atoms with van der Waals surface area (Å²) < 4.78 is 35.6. The summed E-state index contributed by atoms with van der Waals surface area (Å²) in [5.74, 6) is 0. The molecule has 1 N–H and O–H groups in total. The van der Waals surface area contributed by atoms with Crippen molar-refractivity contribution in [1.82, 2.24) is 0 Å². The highest BCUT2D eigenvalue weighted by atomic mass is 19.4. The summed E-state index contributed by atoms with van der Waals surface area (Å²) in [5.41, 5.74) is 0.829. The third-order valence-electron chi connectivity index (χ3n) is 1.61. The zero-order valence-electron chi connectivity index (χ0n) is 6.80. The SMILES string of the molecule is OCc1ccc(CC(F)(F)F)cc1. The lowest BCUT2D eigenvalue weighted by atomic mass is 10.1. The van der Waals surface area contributed by atoms with E-state index in [4.69, 9.17) is 5.11 Å². The van der Waals surface area contributed by atoms with E-state index in [9.17, 15) is 13.2 Å². The summed E-state index contributed by atoms with van der Waals surface area (Å²) in [4.78, 5) is 0. The molecule has 1 rings (SSSR count). The van der Waals surface area contributed by atoms with Crippen LogP contribution < -0.4 is 0 Å². The number of aliphatic hydroxyl groups is 1. The highest BCUT2D eigenvalue weighted by molar-refractivity contribution is 5.22. The van der Waals surface area contributed by atoms with E-state index in [1.165, 1.54) is 24.3 Å². The summed E-state index contributed by atoms with van der Waals surface area (Å²) >= 11 is 0. The number of hydrogen-bond donors (Lipinski definition) is 1. The molecule has 72 valence electrons. The van der Waals surface area contributed by atoms with Crippen LogP contribution in [-0.4, -0.2) is 11.3 Å². The van der Waals surface area contributed by atoms with Crippen molar-refractivity contribution in [3.63, 3.8) is 0 Å². The maximum absolute atomic E-state index is 11.9. The van der Waals surface area contributed by atoms with Crippen LogP contribution >= 0.6 is 0 Å². The fourth-order valence-electron chi connectivity index (χ4n) is 0.994. The summed E-state index contributed by atoms with van der Waals surface area (Å²) in [5, 5.41) is 8.64. The standard InChI is InChI=1S/C9H9F3O/c10-9(11,12)5-7-1-3-8(6-13)4-2-7/h1-4,13H,5-6H2. The van der Waals surface area contributed by atoms with Gasteiger partial charge in [-0.15, -0.1) is 0 Å². The Morgan fingerprint density at radius 3 is 1.85 bits per heavy atom. The van der Waals surface area contributed by atoms with Gasteiger partial charge in [-0.3, -0.25) is 0 Å². The molecular weight excluding hydrogens is 181 g/mol. The summed E-state index contributed by atoms with van der Waals surface area (Å²) in [6.45, 7) is -0.147. The van der Waals surface area contributed by atoms with Crippen LogP contribution in [-0.2, 0) is 13.0 Å². The molecule has 0 radical (unpaired) electrons. The Balaban J connectivity index is 2.70. The second-order valence-electron chi connectivity index (χ2n) is 2.77. The van der Waals surface area contributed by atoms with Gasteiger partial charge >= 0.3 is 6.18 Å². The molecule has 0 saturated carbocycles. The van der Waals surface area contributed by atoms with Crippen LogP contribution in [0.15, 0.2) is 24.3 Å². The monoisotopic (exact) mass is 190 g/mol. The Bertz CT molecular complexity index is 263. The minimum atomic E-state index is -4.17. The molecule has 0 atom stereocenters. The van der Waals surface area contributed by atoms with E-state index in [1.54, 1.807) is 0 Å². The highest BCUT2D eigenvalue weighted by Crippen LogP contribution is 2.21. The first-order chi connectivity index (χ1) is 6.01. The molecule has 1 nitrogen and oxygen atoms in total. The van der Waals surface area contributed by atoms with Crippen LogP contribution in [0.1, 0.15) is 11.1 Å². The van der Waals surface area contributed by atoms with Gasteiger partial charge in [-0.05, 0) is 11.1 Å². The van der Waals surface area contributed by atoms with E-state index in [1.807, 2.05) is 0 Å². The number of aliphatic hydroxyl groups excluding tert-OH is 1.